The largest absolute Gasteiger partial charge is 0.455 e. The van der Waals surface area contributed by atoms with Crippen LogP contribution in [0.25, 0.3) is 11.0 Å². The Hall–Kier alpha value is -1.32. The number of rotatable bonds is 1. The lowest BCUT2D eigenvalue weighted by molar-refractivity contribution is -0.162. The molecule has 0 amide bonds. The number of ether oxygens (including phenoxy) is 2. The van der Waals surface area contributed by atoms with E-state index in [1.54, 1.807) is 0 Å². The molecule has 3 heteroatoms. The first-order valence-electron chi connectivity index (χ1n) is 5.05. The van der Waals surface area contributed by atoms with Gasteiger partial charge in [-0.05, 0) is 19.1 Å². The van der Waals surface area contributed by atoms with Gasteiger partial charge in [0.05, 0.1) is 13.2 Å². The molecule has 1 fully saturated rings. The van der Waals surface area contributed by atoms with E-state index in [1.165, 1.54) is 0 Å². The fraction of sp³-hybridized carbons (Fsp3) is 0.333. The molecule has 1 aromatic heterocycles. The quantitative estimate of drug-likeness (QED) is 0.715. The highest BCUT2D eigenvalue weighted by Gasteiger charge is 2.36. The highest BCUT2D eigenvalue weighted by molar-refractivity contribution is 5.77. The molecule has 0 bridgehead atoms. The van der Waals surface area contributed by atoms with Crippen LogP contribution in [0.2, 0.25) is 0 Å². The Balaban J connectivity index is 2.11. The van der Waals surface area contributed by atoms with Crippen LogP contribution in [-0.4, -0.2) is 13.2 Å². The van der Waals surface area contributed by atoms with Crippen molar-refractivity contribution in [3.8, 4) is 0 Å². The smallest absolute Gasteiger partial charge is 0.225 e. The first kappa shape index (κ1) is 8.95. The Morgan fingerprint density at radius 1 is 1.13 bits per heavy atom. The topological polar surface area (TPSA) is 31.6 Å². The summed E-state index contributed by atoms with van der Waals surface area (Å²) in [6, 6.07) is 9.87. The van der Waals surface area contributed by atoms with Gasteiger partial charge in [0.15, 0.2) is 5.76 Å². The minimum atomic E-state index is -0.709. The fourth-order valence-electron chi connectivity index (χ4n) is 1.86. The van der Waals surface area contributed by atoms with E-state index >= 15 is 0 Å². The lowest BCUT2D eigenvalue weighted by Gasteiger charge is -2.18. The summed E-state index contributed by atoms with van der Waals surface area (Å²) in [6.45, 7) is 3.12. The summed E-state index contributed by atoms with van der Waals surface area (Å²) in [5.74, 6) is 0.0279. The van der Waals surface area contributed by atoms with E-state index in [-0.39, 0.29) is 0 Å². The molecule has 78 valence electrons. The molecule has 0 radical (unpaired) electrons. The van der Waals surface area contributed by atoms with Gasteiger partial charge in [-0.3, -0.25) is 0 Å². The third-order valence-electron chi connectivity index (χ3n) is 2.71. The molecule has 3 rings (SSSR count). The van der Waals surface area contributed by atoms with E-state index in [1.807, 2.05) is 37.3 Å². The number of hydrogen-bond donors (Lipinski definition) is 0. The average Bonchev–Trinajstić information content (AvgIpc) is 2.84. The molecule has 1 aliphatic rings. The average molecular weight is 204 g/mol. The van der Waals surface area contributed by atoms with Gasteiger partial charge in [-0.2, -0.15) is 0 Å². The predicted molar refractivity (Wildman–Crippen MR) is 55.5 cm³/mol. The van der Waals surface area contributed by atoms with Crippen molar-refractivity contribution in [3.63, 3.8) is 0 Å². The van der Waals surface area contributed by atoms with Crippen LogP contribution < -0.4 is 0 Å². The van der Waals surface area contributed by atoms with E-state index in [0.29, 0.717) is 13.2 Å². The summed E-state index contributed by atoms with van der Waals surface area (Å²) in [4.78, 5) is 0. The van der Waals surface area contributed by atoms with E-state index in [2.05, 4.69) is 0 Å². The molecule has 0 atom stereocenters. The SMILES string of the molecule is CC1(c2cc3ccccc3o2)OCCO1. The van der Waals surface area contributed by atoms with Crippen LogP contribution in [0.15, 0.2) is 34.7 Å². The zero-order chi connectivity index (χ0) is 10.3. The molecule has 1 saturated heterocycles. The summed E-state index contributed by atoms with van der Waals surface area (Å²) < 4.78 is 16.8. The molecule has 0 aliphatic carbocycles. The standard InChI is InChI=1S/C12H12O3/c1-12(13-6-7-14-12)11-8-9-4-2-3-5-10(9)15-11/h2-5,8H,6-7H2,1H3. The highest BCUT2D eigenvalue weighted by atomic mass is 16.7. The van der Waals surface area contributed by atoms with Crippen LogP contribution >= 0.6 is 0 Å². The molecule has 2 aromatic rings. The van der Waals surface area contributed by atoms with Gasteiger partial charge in [0.1, 0.15) is 5.58 Å². The van der Waals surface area contributed by atoms with Crippen LogP contribution in [0.4, 0.5) is 0 Å². The van der Waals surface area contributed by atoms with E-state index in [9.17, 15) is 0 Å². The second kappa shape index (κ2) is 3.08. The van der Waals surface area contributed by atoms with Crippen molar-refractivity contribution >= 4 is 11.0 Å². The number of furan rings is 1. The van der Waals surface area contributed by atoms with Gasteiger partial charge in [-0.1, -0.05) is 18.2 Å². The summed E-state index contributed by atoms with van der Waals surface area (Å²) in [7, 11) is 0. The van der Waals surface area contributed by atoms with Crippen LogP contribution in [0.5, 0.6) is 0 Å². The van der Waals surface area contributed by atoms with Crippen molar-refractivity contribution in [2.75, 3.05) is 13.2 Å². The molecule has 15 heavy (non-hydrogen) atoms. The third-order valence-corrected chi connectivity index (χ3v) is 2.71. The molecule has 2 heterocycles. The first-order chi connectivity index (χ1) is 7.28. The van der Waals surface area contributed by atoms with Gasteiger partial charge in [0.2, 0.25) is 5.79 Å². The Kier molecular flexibility index (Phi) is 1.84. The Morgan fingerprint density at radius 2 is 1.87 bits per heavy atom. The van der Waals surface area contributed by atoms with Crippen molar-refractivity contribution < 1.29 is 13.9 Å². The van der Waals surface area contributed by atoms with Crippen LogP contribution in [0.1, 0.15) is 12.7 Å². The Morgan fingerprint density at radius 3 is 2.60 bits per heavy atom. The molecule has 0 unspecified atom stereocenters. The molecule has 1 aliphatic heterocycles. The Labute approximate surface area is 87.6 Å². The summed E-state index contributed by atoms with van der Waals surface area (Å²) in [6.07, 6.45) is 0. The Bertz CT molecular complexity index is 447. The van der Waals surface area contributed by atoms with Crippen molar-refractivity contribution in [1.82, 2.24) is 0 Å². The number of para-hydroxylation sites is 1. The zero-order valence-corrected chi connectivity index (χ0v) is 8.53. The lowest BCUT2D eigenvalue weighted by atomic mass is 10.2. The number of hydrogen-bond acceptors (Lipinski definition) is 3. The minimum Gasteiger partial charge on any atom is -0.455 e. The monoisotopic (exact) mass is 204 g/mol. The predicted octanol–water partition coefficient (Wildman–Crippen LogP) is 2.65. The number of fused-ring (bicyclic) bond motifs is 1. The van der Waals surface area contributed by atoms with Crippen molar-refractivity contribution in [1.29, 1.82) is 0 Å². The first-order valence-corrected chi connectivity index (χ1v) is 5.05. The van der Waals surface area contributed by atoms with E-state index < -0.39 is 5.79 Å². The van der Waals surface area contributed by atoms with Crippen LogP contribution in [0.3, 0.4) is 0 Å². The summed E-state index contributed by atoms with van der Waals surface area (Å²) in [5.41, 5.74) is 0.868. The highest BCUT2D eigenvalue weighted by Crippen LogP contribution is 2.34. The van der Waals surface area contributed by atoms with E-state index in [0.717, 1.165) is 16.7 Å². The van der Waals surface area contributed by atoms with Crippen molar-refractivity contribution in [2.45, 2.75) is 12.7 Å². The second-order valence-electron chi connectivity index (χ2n) is 3.79. The van der Waals surface area contributed by atoms with Gasteiger partial charge in [-0.25, -0.2) is 0 Å². The summed E-state index contributed by atoms with van der Waals surface area (Å²) in [5, 5.41) is 1.08. The lowest BCUT2D eigenvalue weighted by Crippen LogP contribution is -2.21. The maximum absolute atomic E-state index is 5.70. The maximum Gasteiger partial charge on any atom is 0.225 e. The summed E-state index contributed by atoms with van der Waals surface area (Å²) >= 11 is 0. The molecule has 0 N–H and O–H groups in total. The van der Waals surface area contributed by atoms with Gasteiger partial charge in [0, 0.05) is 5.39 Å². The molecule has 1 aromatic carbocycles. The van der Waals surface area contributed by atoms with Gasteiger partial charge in [0.25, 0.3) is 0 Å². The normalized spacial score (nSPS) is 19.8. The van der Waals surface area contributed by atoms with Crippen molar-refractivity contribution in [2.24, 2.45) is 0 Å². The van der Waals surface area contributed by atoms with Gasteiger partial charge >= 0.3 is 0 Å². The van der Waals surface area contributed by atoms with E-state index in [4.69, 9.17) is 13.9 Å². The molecule has 3 nitrogen and oxygen atoms in total. The van der Waals surface area contributed by atoms with Gasteiger partial charge in [-0.15, -0.1) is 0 Å². The number of benzene rings is 1. The molecular weight excluding hydrogens is 192 g/mol. The zero-order valence-electron chi connectivity index (χ0n) is 8.53. The van der Waals surface area contributed by atoms with Crippen molar-refractivity contribution in [3.05, 3.63) is 36.1 Å². The third kappa shape index (κ3) is 1.35. The molecule has 0 spiro atoms. The second-order valence-corrected chi connectivity index (χ2v) is 3.79. The fourth-order valence-corrected chi connectivity index (χ4v) is 1.86. The minimum absolute atomic E-state index is 0.619. The maximum atomic E-state index is 5.70. The molecule has 0 saturated carbocycles. The van der Waals surface area contributed by atoms with Crippen LogP contribution in [0, 0.1) is 0 Å². The molecular formula is C12H12O3. The van der Waals surface area contributed by atoms with Crippen LogP contribution in [-0.2, 0) is 15.3 Å². The van der Waals surface area contributed by atoms with Gasteiger partial charge < -0.3 is 13.9 Å².